The lowest BCUT2D eigenvalue weighted by Gasteiger charge is -2.35. The minimum Gasteiger partial charge on any atom is -0.497 e. The number of hydrogen-bond donors (Lipinski definition) is 2. The minimum atomic E-state index is 0. The standard InChI is InChI=1S/C24H38N6O.HI/c1-20-26-14-18-29(20)15-8-5-13-27-24(25-2)28-19-23(30-16-6-4-7-17-30)21-9-11-22(31-3)12-10-21;/h9-12,14,18,23H,4-8,13,15-17,19H2,1-3H3,(H2,25,27,28);1H. The van der Waals surface area contributed by atoms with Crippen molar-refractivity contribution in [1.29, 1.82) is 0 Å². The number of likely N-dealkylation sites (tertiary alicyclic amines) is 1. The number of methoxy groups -OCH3 is 1. The normalized spacial score (nSPS) is 15.7. The Balaban J connectivity index is 0.00000363. The number of aliphatic imine (C=N–C) groups is 1. The second-order valence-corrected chi connectivity index (χ2v) is 8.14. The molecule has 178 valence electrons. The van der Waals surface area contributed by atoms with Crippen molar-refractivity contribution in [3.8, 4) is 5.75 Å². The summed E-state index contributed by atoms with van der Waals surface area (Å²) in [5, 5.41) is 7.03. The fourth-order valence-electron chi connectivity index (χ4n) is 4.18. The van der Waals surface area contributed by atoms with E-state index >= 15 is 0 Å². The molecule has 2 heterocycles. The maximum absolute atomic E-state index is 5.34. The van der Waals surface area contributed by atoms with E-state index in [9.17, 15) is 0 Å². The minimum absolute atomic E-state index is 0. The molecule has 2 aromatic rings. The quantitative estimate of drug-likeness (QED) is 0.201. The maximum atomic E-state index is 5.34. The molecule has 32 heavy (non-hydrogen) atoms. The van der Waals surface area contributed by atoms with E-state index in [1.54, 1.807) is 7.11 Å². The van der Waals surface area contributed by atoms with Crippen molar-refractivity contribution in [3.05, 3.63) is 48.0 Å². The van der Waals surface area contributed by atoms with E-state index in [0.29, 0.717) is 6.04 Å². The van der Waals surface area contributed by atoms with Crippen LogP contribution in [-0.2, 0) is 6.54 Å². The number of hydrogen-bond acceptors (Lipinski definition) is 4. The first-order chi connectivity index (χ1) is 15.2. The van der Waals surface area contributed by atoms with Crippen LogP contribution in [0.5, 0.6) is 5.75 Å². The number of guanidine groups is 1. The van der Waals surface area contributed by atoms with Gasteiger partial charge in [0.25, 0.3) is 0 Å². The van der Waals surface area contributed by atoms with Gasteiger partial charge in [-0.2, -0.15) is 0 Å². The summed E-state index contributed by atoms with van der Waals surface area (Å²) in [6, 6.07) is 8.82. The van der Waals surface area contributed by atoms with Crippen LogP contribution in [0.25, 0.3) is 0 Å². The number of benzene rings is 1. The van der Waals surface area contributed by atoms with Gasteiger partial charge in [-0.3, -0.25) is 9.89 Å². The molecule has 1 fully saturated rings. The van der Waals surface area contributed by atoms with Gasteiger partial charge in [-0.25, -0.2) is 4.98 Å². The molecular weight excluding hydrogens is 515 g/mol. The Kier molecular flexibility index (Phi) is 11.9. The molecule has 3 rings (SSSR count). The van der Waals surface area contributed by atoms with Crippen LogP contribution in [0.2, 0.25) is 0 Å². The second kappa shape index (κ2) is 14.4. The molecule has 1 aliphatic heterocycles. The lowest BCUT2D eigenvalue weighted by atomic mass is 10.0. The number of nitrogens with one attached hydrogen (secondary N) is 2. The monoisotopic (exact) mass is 554 g/mol. The number of piperidine rings is 1. The first-order valence-corrected chi connectivity index (χ1v) is 11.5. The molecule has 7 nitrogen and oxygen atoms in total. The highest BCUT2D eigenvalue weighted by Crippen LogP contribution is 2.25. The van der Waals surface area contributed by atoms with E-state index in [-0.39, 0.29) is 24.0 Å². The average Bonchev–Trinajstić information content (AvgIpc) is 3.23. The molecule has 1 aliphatic rings. The second-order valence-electron chi connectivity index (χ2n) is 8.14. The van der Waals surface area contributed by atoms with Crippen LogP contribution < -0.4 is 15.4 Å². The Morgan fingerprint density at radius 2 is 1.88 bits per heavy atom. The van der Waals surface area contributed by atoms with Crippen molar-refractivity contribution in [3.63, 3.8) is 0 Å². The highest BCUT2D eigenvalue weighted by Gasteiger charge is 2.22. The van der Waals surface area contributed by atoms with Gasteiger partial charge in [0, 0.05) is 39.1 Å². The molecule has 0 amide bonds. The van der Waals surface area contributed by atoms with Crippen LogP contribution in [0.3, 0.4) is 0 Å². The number of aromatic nitrogens is 2. The third-order valence-corrected chi connectivity index (χ3v) is 6.06. The molecule has 1 atom stereocenters. The van der Waals surface area contributed by atoms with Gasteiger partial charge in [0.1, 0.15) is 11.6 Å². The average molecular weight is 555 g/mol. The van der Waals surface area contributed by atoms with Crippen molar-refractivity contribution in [2.24, 2.45) is 4.99 Å². The largest absolute Gasteiger partial charge is 0.497 e. The lowest BCUT2D eigenvalue weighted by molar-refractivity contribution is 0.164. The van der Waals surface area contributed by atoms with E-state index in [4.69, 9.17) is 4.74 Å². The first-order valence-electron chi connectivity index (χ1n) is 11.5. The highest BCUT2D eigenvalue weighted by molar-refractivity contribution is 14.0. The molecule has 0 radical (unpaired) electrons. The molecule has 1 aromatic heterocycles. The zero-order valence-corrected chi connectivity index (χ0v) is 22.0. The summed E-state index contributed by atoms with van der Waals surface area (Å²) in [6.45, 7) is 7.10. The molecule has 8 heteroatoms. The van der Waals surface area contributed by atoms with E-state index in [1.165, 1.54) is 24.8 Å². The zero-order valence-electron chi connectivity index (χ0n) is 19.7. The Morgan fingerprint density at radius 1 is 1.12 bits per heavy atom. The molecule has 0 spiro atoms. The summed E-state index contributed by atoms with van der Waals surface area (Å²) < 4.78 is 7.54. The summed E-state index contributed by atoms with van der Waals surface area (Å²) >= 11 is 0. The Labute approximate surface area is 210 Å². The summed E-state index contributed by atoms with van der Waals surface area (Å²) in [6.07, 6.45) is 9.99. The number of imidazole rings is 1. The predicted molar refractivity (Wildman–Crippen MR) is 142 cm³/mol. The fraction of sp³-hybridized carbons (Fsp3) is 0.583. The summed E-state index contributed by atoms with van der Waals surface area (Å²) in [7, 11) is 3.55. The first kappa shape index (κ1) is 26.4. The number of ether oxygens (including phenoxy) is 1. The van der Waals surface area contributed by atoms with E-state index in [0.717, 1.165) is 63.1 Å². The van der Waals surface area contributed by atoms with Crippen LogP contribution in [0, 0.1) is 6.92 Å². The van der Waals surface area contributed by atoms with Crippen LogP contribution in [0.15, 0.2) is 41.7 Å². The van der Waals surface area contributed by atoms with Crippen molar-refractivity contribution in [2.75, 3.05) is 40.3 Å². The van der Waals surface area contributed by atoms with Crippen molar-refractivity contribution in [1.82, 2.24) is 25.1 Å². The van der Waals surface area contributed by atoms with E-state index in [1.807, 2.05) is 26.4 Å². The molecule has 1 saturated heterocycles. The molecular formula is C24H39IN6O. The van der Waals surface area contributed by atoms with Gasteiger partial charge < -0.3 is 19.9 Å². The number of rotatable bonds is 10. The van der Waals surface area contributed by atoms with Crippen LogP contribution in [0.4, 0.5) is 0 Å². The van der Waals surface area contributed by atoms with E-state index in [2.05, 4.69) is 54.3 Å². The zero-order chi connectivity index (χ0) is 21.9. The topological polar surface area (TPSA) is 66.7 Å². The molecule has 2 N–H and O–H groups in total. The van der Waals surface area contributed by atoms with Crippen LogP contribution >= 0.6 is 24.0 Å². The van der Waals surface area contributed by atoms with Gasteiger partial charge in [-0.1, -0.05) is 18.6 Å². The summed E-state index contributed by atoms with van der Waals surface area (Å²) in [4.78, 5) is 11.3. The Hall–Kier alpha value is -1.81. The predicted octanol–water partition coefficient (Wildman–Crippen LogP) is 3.99. The Bertz CT molecular complexity index is 801. The maximum Gasteiger partial charge on any atom is 0.191 e. The third-order valence-electron chi connectivity index (χ3n) is 6.06. The smallest absolute Gasteiger partial charge is 0.191 e. The van der Waals surface area contributed by atoms with Crippen LogP contribution in [-0.4, -0.2) is 60.7 Å². The van der Waals surface area contributed by atoms with Crippen molar-refractivity contribution >= 4 is 29.9 Å². The lowest BCUT2D eigenvalue weighted by Crippen LogP contribution is -2.44. The van der Waals surface area contributed by atoms with Crippen molar-refractivity contribution < 1.29 is 4.74 Å². The van der Waals surface area contributed by atoms with Crippen molar-refractivity contribution in [2.45, 2.75) is 51.6 Å². The number of halogens is 1. The summed E-state index contributed by atoms with van der Waals surface area (Å²) in [5.41, 5.74) is 1.32. The van der Waals surface area contributed by atoms with Gasteiger partial charge in [0.15, 0.2) is 5.96 Å². The fourth-order valence-corrected chi connectivity index (χ4v) is 4.18. The third kappa shape index (κ3) is 7.95. The SMILES string of the molecule is CN=C(NCCCCn1ccnc1C)NCC(c1ccc(OC)cc1)N1CCCCC1.I. The van der Waals surface area contributed by atoms with Gasteiger partial charge in [-0.05, 0) is 63.4 Å². The molecule has 1 unspecified atom stereocenters. The van der Waals surface area contributed by atoms with Gasteiger partial charge in [0.2, 0.25) is 0 Å². The van der Waals surface area contributed by atoms with E-state index < -0.39 is 0 Å². The number of unbranched alkanes of at least 4 members (excludes halogenated alkanes) is 1. The van der Waals surface area contributed by atoms with Gasteiger partial charge >= 0.3 is 0 Å². The van der Waals surface area contributed by atoms with Crippen LogP contribution in [0.1, 0.15) is 49.5 Å². The van der Waals surface area contributed by atoms with Gasteiger partial charge in [-0.15, -0.1) is 24.0 Å². The van der Waals surface area contributed by atoms with Gasteiger partial charge in [0.05, 0.1) is 13.2 Å². The summed E-state index contributed by atoms with van der Waals surface area (Å²) in [5.74, 6) is 2.85. The molecule has 0 bridgehead atoms. The number of nitrogens with zero attached hydrogens (tertiary/aromatic N) is 4. The molecule has 0 saturated carbocycles. The number of aryl methyl sites for hydroxylation is 2. The molecule has 1 aromatic carbocycles. The highest BCUT2D eigenvalue weighted by atomic mass is 127. The Morgan fingerprint density at radius 3 is 2.50 bits per heavy atom. The molecule has 0 aliphatic carbocycles.